The normalized spacial score (nSPS) is 11.6. The third-order valence-electron chi connectivity index (χ3n) is 5.39. The summed E-state index contributed by atoms with van der Waals surface area (Å²) in [6, 6.07) is 19.9. The number of nitrogens with one attached hydrogen (secondary N) is 1. The Morgan fingerprint density at radius 3 is 2.29 bits per heavy atom. The minimum Gasteiger partial charge on any atom is -0.504 e. The first kappa shape index (κ1) is 21.4. The molecule has 0 atom stereocenters. The van der Waals surface area contributed by atoms with Crippen molar-refractivity contribution in [1.29, 1.82) is 0 Å². The highest BCUT2D eigenvalue weighted by Gasteiger charge is 2.19. The van der Waals surface area contributed by atoms with Crippen LogP contribution in [0.5, 0.6) is 17.2 Å². The number of aromatic hydroxyl groups is 3. The van der Waals surface area contributed by atoms with Crippen molar-refractivity contribution in [2.45, 2.75) is 4.90 Å². The fraction of sp³-hybridized carbons (Fsp3) is 0. The van der Waals surface area contributed by atoms with Gasteiger partial charge in [-0.15, -0.1) is 0 Å². The van der Waals surface area contributed by atoms with E-state index >= 15 is 0 Å². The van der Waals surface area contributed by atoms with Crippen molar-refractivity contribution in [2.24, 2.45) is 0 Å². The van der Waals surface area contributed by atoms with Crippen LogP contribution in [0.3, 0.4) is 0 Å². The average Bonchev–Trinajstić information content (AvgIpc) is 2.83. The van der Waals surface area contributed by atoms with Crippen LogP contribution < -0.4 is 10.2 Å². The molecule has 0 radical (unpaired) electrons. The quantitative estimate of drug-likeness (QED) is 0.280. The van der Waals surface area contributed by atoms with Gasteiger partial charge >= 0.3 is 0 Å². The number of fused-ring (bicyclic) bond motifs is 2. The van der Waals surface area contributed by atoms with Gasteiger partial charge in [0.25, 0.3) is 10.0 Å². The van der Waals surface area contributed by atoms with Crippen LogP contribution in [0.25, 0.3) is 33.1 Å². The molecule has 0 aliphatic carbocycles. The van der Waals surface area contributed by atoms with Gasteiger partial charge < -0.3 is 19.7 Å². The summed E-state index contributed by atoms with van der Waals surface area (Å²) in [4.78, 5) is 12.9. The summed E-state index contributed by atoms with van der Waals surface area (Å²) in [6.45, 7) is 0. The summed E-state index contributed by atoms with van der Waals surface area (Å²) in [7, 11) is -3.95. The van der Waals surface area contributed by atoms with E-state index in [2.05, 4.69) is 4.72 Å². The summed E-state index contributed by atoms with van der Waals surface area (Å²) in [6.07, 6.45) is 0. The topological polar surface area (TPSA) is 137 Å². The Labute approximate surface area is 193 Å². The minimum absolute atomic E-state index is 0.0389. The Morgan fingerprint density at radius 2 is 1.53 bits per heavy atom. The zero-order valence-corrected chi connectivity index (χ0v) is 18.2. The summed E-state index contributed by atoms with van der Waals surface area (Å²) in [5.41, 5.74) is -0.398. The van der Waals surface area contributed by atoms with Crippen molar-refractivity contribution in [1.82, 2.24) is 0 Å². The molecule has 8 nitrogen and oxygen atoms in total. The van der Waals surface area contributed by atoms with Crippen LogP contribution in [-0.4, -0.2) is 23.7 Å². The minimum atomic E-state index is -3.95. The maximum absolute atomic E-state index is 12.9. The lowest BCUT2D eigenvalue weighted by molar-refractivity contribution is 0.403. The zero-order valence-electron chi connectivity index (χ0n) is 17.4. The molecule has 0 amide bonds. The molecule has 4 aromatic carbocycles. The SMILES string of the molecule is O=c1c(O)c(-c2ccc(O)c(O)c2)oc2ccc(NS(=O)(=O)c3ccc4ccccc4c3)cc12. The Bertz CT molecular complexity index is 1760. The van der Waals surface area contributed by atoms with Gasteiger partial charge in [-0.25, -0.2) is 8.42 Å². The molecule has 1 aromatic heterocycles. The fourth-order valence-electron chi connectivity index (χ4n) is 3.66. The standard InChI is InChI=1S/C25H17NO7S/c27-20-9-6-16(12-21(20)28)25-24(30)23(29)19-13-17(7-10-22(19)33-25)26-34(31,32)18-8-5-14-3-1-2-4-15(14)11-18/h1-13,26-28,30H. The van der Waals surface area contributed by atoms with Gasteiger partial charge in [0.2, 0.25) is 11.2 Å². The highest BCUT2D eigenvalue weighted by atomic mass is 32.2. The van der Waals surface area contributed by atoms with E-state index in [0.717, 1.165) is 16.8 Å². The predicted molar refractivity (Wildman–Crippen MR) is 128 cm³/mol. The second-order valence-corrected chi connectivity index (χ2v) is 9.32. The third kappa shape index (κ3) is 3.67. The van der Waals surface area contributed by atoms with E-state index in [1.165, 1.54) is 36.4 Å². The molecule has 9 heteroatoms. The molecule has 5 rings (SSSR count). The molecular formula is C25H17NO7S. The van der Waals surface area contributed by atoms with Crippen molar-refractivity contribution < 1.29 is 28.2 Å². The van der Waals surface area contributed by atoms with Crippen LogP contribution in [0.4, 0.5) is 5.69 Å². The molecule has 34 heavy (non-hydrogen) atoms. The number of hydrogen-bond acceptors (Lipinski definition) is 7. The first-order valence-electron chi connectivity index (χ1n) is 10.1. The van der Waals surface area contributed by atoms with Gasteiger partial charge in [-0.05, 0) is 59.3 Å². The monoisotopic (exact) mass is 475 g/mol. The summed E-state index contributed by atoms with van der Waals surface area (Å²) < 4.78 is 34.0. The van der Waals surface area contributed by atoms with Crippen molar-refractivity contribution in [3.63, 3.8) is 0 Å². The number of hydrogen-bond donors (Lipinski definition) is 4. The molecule has 170 valence electrons. The van der Waals surface area contributed by atoms with Crippen molar-refractivity contribution in [3.8, 4) is 28.6 Å². The molecule has 0 fully saturated rings. The van der Waals surface area contributed by atoms with E-state index in [-0.39, 0.29) is 38.6 Å². The second kappa shape index (κ2) is 7.82. The molecule has 0 aliphatic rings. The van der Waals surface area contributed by atoms with Crippen LogP contribution >= 0.6 is 0 Å². The number of benzene rings is 4. The molecule has 0 aliphatic heterocycles. The molecule has 0 saturated heterocycles. The molecule has 0 unspecified atom stereocenters. The van der Waals surface area contributed by atoms with Gasteiger partial charge in [0.05, 0.1) is 10.3 Å². The highest BCUT2D eigenvalue weighted by Crippen LogP contribution is 2.35. The third-order valence-corrected chi connectivity index (χ3v) is 6.77. The lowest BCUT2D eigenvalue weighted by Gasteiger charge is -2.11. The predicted octanol–water partition coefficient (Wildman–Crippen LogP) is 4.53. The van der Waals surface area contributed by atoms with E-state index in [1.54, 1.807) is 12.1 Å². The van der Waals surface area contributed by atoms with Crippen molar-refractivity contribution in [3.05, 3.63) is 89.1 Å². The molecule has 5 aromatic rings. The Morgan fingerprint density at radius 1 is 0.765 bits per heavy atom. The van der Waals surface area contributed by atoms with Crippen LogP contribution in [0.15, 0.2) is 93.0 Å². The van der Waals surface area contributed by atoms with Crippen LogP contribution in [-0.2, 0) is 10.0 Å². The summed E-state index contributed by atoms with van der Waals surface area (Å²) >= 11 is 0. The van der Waals surface area contributed by atoms with E-state index < -0.39 is 27.0 Å². The van der Waals surface area contributed by atoms with E-state index in [9.17, 15) is 28.5 Å². The van der Waals surface area contributed by atoms with E-state index in [1.807, 2.05) is 24.3 Å². The lowest BCUT2D eigenvalue weighted by Crippen LogP contribution is -2.13. The molecule has 0 saturated carbocycles. The number of phenols is 2. The maximum Gasteiger partial charge on any atom is 0.261 e. The lowest BCUT2D eigenvalue weighted by atomic mass is 10.1. The smallest absolute Gasteiger partial charge is 0.261 e. The van der Waals surface area contributed by atoms with E-state index in [0.29, 0.717) is 0 Å². The highest BCUT2D eigenvalue weighted by molar-refractivity contribution is 7.92. The van der Waals surface area contributed by atoms with Crippen molar-refractivity contribution >= 4 is 37.5 Å². The molecular weight excluding hydrogens is 458 g/mol. The number of sulfonamides is 1. The van der Waals surface area contributed by atoms with Crippen molar-refractivity contribution in [2.75, 3.05) is 4.72 Å². The number of phenolic OH excluding ortho intramolecular Hbond substituents is 2. The maximum atomic E-state index is 12.9. The molecule has 1 heterocycles. The summed E-state index contributed by atoms with van der Waals surface area (Å²) in [5, 5.41) is 31.2. The van der Waals surface area contributed by atoms with Gasteiger partial charge in [0, 0.05) is 11.3 Å². The van der Waals surface area contributed by atoms with Crippen LogP contribution in [0.1, 0.15) is 0 Å². The van der Waals surface area contributed by atoms with Gasteiger partial charge in [-0.3, -0.25) is 9.52 Å². The molecule has 0 bridgehead atoms. The first-order chi connectivity index (χ1) is 16.2. The van der Waals surface area contributed by atoms with Gasteiger partial charge in [0.15, 0.2) is 17.3 Å². The molecule has 4 N–H and O–H groups in total. The Balaban J connectivity index is 1.54. The Kier molecular flexibility index (Phi) is 4.91. The fourth-order valence-corrected chi connectivity index (χ4v) is 4.74. The summed E-state index contributed by atoms with van der Waals surface area (Å²) in [5.74, 6) is -1.72. The second-order valence-electron chi connectivity index (χ2n) is 7.64. The van der Waals surface area contributed by atoms with E-state index in [4.69, 9.17) is 4.42 Å². The molecule has 0 spiro atoms. The number of anilines is 1. The van der Waals surface area contributed by atoms with Gasteiger partial charge in [-0.2, -0.15) is 0 Å². The van der Waals surface area contributed by atoms with Crippen LogP contribution in [0.2, 0.25) is 0 Å². The largest absolute Gasteiger partial charge is 0.504 e. The van der Waals surface area contributed by atoms with Crippen LogP contribution in [0, 0.1) is 0 Å². The zero-order chi connectivity index (χ0) is 24.0. The Hall–Kier alpha value is -4.50. The number of rotatable bonds is 4. The van der Waals surface area contributed by atoms with Gasteiger partial charge in [-0.1, -0.05) is 30.3 Å². The first-order valence-corrected chi connectivity index (χ1v) is 11.5. The van der Waals surface area contributed by atoms with Gasteiger partial charge in [0.1, 0.15) is 5.58 Å². The average molecular weight is 475 g/mol.